The molecule has 1 nitrogen and oxygen atoms in total. The first-order valence-electron chi connectivity index (χ1n) is 8.46. The molecule has 0 saturated heterocycles. The van der Waals surface area contributed by atoms with E-state index in [2.05, 4.69) is 39.6 Å². The molecule has 1 fully saturated rings. The minimum Gasteiger partial charge on any atom is -0.314 e. The van der Waals surface area contributed by atoms with Gasteiger partial charge in [0.1, 0.15) is 0 Å². The second kappa shape index (κ2) is 8.79. The van der Waals surface area contributed by atoms with E-state index in [9.17, 15) is 0 Å². The summed E-state index contributed by atoms with van der Waals surface area (Å²) in [5.74, 6) is 2.73. The van der Waals surface area contributed by atoms with Gasteiger partial charge in [-0.25, -0.2) is 0 Å². The Hall–Kier alpha value is -0.300. The highest BCUT2D eigenvalue weighted by Crippen LogP contribution is 2.39. The van der Waals surface area contributed by atoms with Crippen LogP contribution in [0.2, 0.25) is 0 Å². The summed E-state index contributed by atoms with van der Waals surface area (Å²) < 4.78 is 0. The molecular weight excluding hydrogens is 230 g/mol. The second-order valence-electron chi connectivity index (χ2n) is 6.86. The monoisotopic (exact) mass is 265 g/mol. The lowest BCUT2D eigenvalue weighted by Gasteiger charge is -2.37. The molecule has 0 aliphatic heterocycles. The first-order valence-corrected chi connectivity index (χ1v) is 8.46. The molecular formula is C18H35N. The van der Waals surface area contributed by atoms with E-state index in [1.54, 1.807) is 0 Å². The Labute approximate surface area is 121 Å². The van der Waals surface area contributed by atoms with Gasteiger partial charge in [0.25, 0.3) is 0 Å². The Bertz CT molecular complexity index is 256. The van der Waals surface area contributed by atoms with Crippen molar-refractivity contribution in [3.63, 3.8) is 0 Å². The molecule has 0 aromatic rings. The predicted molar refractivity (Wildman–Crippen MR) is 86.4 cm³/mol. The van der Waals surface area contributed by atoms with Crippen LogP contribution in [0, 0.1) is 17.8 Å². The molecule has 3 unspecified atom stereocenters. The zero-order chi connectivity index (χ0) is 14.3. The molecule has 3 atom stereocenters. The van der Waals surface area contributed by atoms with Crippen LogP contribution in [0.4, 0.5) is 0 Å². The normalized spacial score (nSPS) is 27.7. The third kappa shape index (κ3) is 6.12. The SMILES string of the molecule is C=C(CC)CC1CC(CCC)CCC1CNC(C)C. The average molecular weight is 265 g/mol. The van der Waals surface area contributed by atoms with E-state index >= 15 is 0 Å². The summed E-state index contributed by atoms with van der Waals surface area (Å²) in [6.07, 6.45) is 9.51. The van der Waals surface area contributed by atoms with Crippen molar-refractivity contribution in [2.24, 2.45) is 17.8 Å². The Balaban J connectivity index is 2.53. The van der Waals surface area contributed by atoms with Crippen molar-refractivity contribution in [3.8, 4) is 0 Å². The Morgan fingerprint density at radius 1 is 1.21 bits per heavy atom. The van der Waals surface area contributed by atoms with Crippen molar-refractivity contribution >= 4 is 0 Å². The highest BCUT2D eigenvalue weighted by atomic mass is 14.9. The number of hydrogen-bond donors (Lipinski definition) is 1. The van der Waals surface area contributed by atoms with Gasteiger partial charge in [0.2, 0.25) is 0 Å². The lowest BCUT2D eigenvalue weighted by atomic mass is 9.70. The van der Waals surface area contributed by atoms with Gasteiger partial charge in [0.05, 0.1) is 0 Å². The van der Waals surface area contributed by atoms with Crippen LogP contribution in [0.1, 0.15) is 72.6 Å². The molecule has 0 amide bonds. The van der Waals surface area contributed by atoms with Gasteiger partial charge in [0, 0.05) is 6.04 Å². The number of rotatable bonds is 8. The molecule has 0 radical (unpaired) electrons. The highest BCUT2D eigenvalue weighted by molar-refractivity contribution is 4.97. The van der Waals surface area contributed by atoms with Crippen LogP contribution >= 0.6 is 0 Å². The Kier molecular flexibility index (Phi) is 7.75. The smallest absolute Gasteiger partial charge is 0.00104 e. The van der Waals surface area contributed by atoms with E-state index in [1.165, 1.54) is 50.6 Å². The van der Waals surface area contributed by atoms with E-state index in [4.69, 9.17) is 0 Å². The van der Waals surface area contributed by atoms with Gasteiger partial charge in [0.15, 0.2) is 0 Å². The van der Waals surface area contributed by atoms with Crippen LogP contribution in [0.15, 0.2) is 12.2 Å². The van der Waals surface area contributed by atoms with Gasteiger partial charge in [-0.05, 0) is 50.0 Å². The standard InChI is InChI=1S/C18H35N/c1-6-8-16-9-10-17(13-19-14(3)4)18(12-16)11-15(5)7-2/h14,16-19H,5-13H2,1-4H3. The summed E-state index contributed by atoms with van der Waals surface area (Å²) in [5, 5.41) is 3.65. The van der Waals surface area contributed by atoms with Gasteiger partial charge in [-0.1, -0.05) is 59.1 Å². The van der Waals surface area contributed by atoms with Crippen molar-refractivity contribution in [1.82, 2.24) is 5.32 Å². The van der Waals surface area contributed by atoms with Crippen molar-refractivity contribution in [2.45, 2.75) is 78.7 Å². The van der Waals surface area contributed by atoms with Crippen LogP contribution in [-0.4, -0.2) is 12.6 Å². The first kappa shape index (κ1) is 16.8. The summed E-state index contributed by atoms with van der Waals surface area (Å²) in [7, 11) is 0. The van der Waals surface area contributed by atoms with Crippen molar-refractivity contribution in [1.29, 1.82) is 0 Å². The third-order valence-electron chi connectivity index (χ3n) is 4.78. The van der Waals surface area contributed by atoms with Gasteiger partial charge >= 0.3 is 0 Å². The molecule has 1 N–H and O–H groups in total. The molecule has 1 heteroatoms. The lowest BCUT2D eigenvalue weighted by molar-refractivity contribution is 0.165. The van der Waals surface area contributed by atoms with Crippen LogP contribution in [0.3, 0.4) is 0 Å². The fourth-order valence-electron chi connectivity index (χ4n) is 3.52. The van der Waals surface area contributed by atoms with Gasteiger partial charge in [-0.15, -0.1) is 0 Å². The molecule has 0 aromatic heterocycles. The fraction of sp³-hybridized carbons (Fsp3) is 0.889. The Morgan fingerprint density at radius 3 is 2.53 bits per heavy atom. The number of nitrogens with one attached hydrogen (secondary N) is 1. The maximum absolute atomic E-state index is 4.25. The largest absolute Gasteiger partial charge is 0.314 e. The van der Waals surface area contributed by atoms with E-state index < -0.39 is 0 Å². The summed E-state index contributed by atoms with van der Waals surface area (Å²) in [5.41, 5.74) is 1.46. The Morgan fingerprint density at radius 2 is 1.95 bits per heavy atom. The molecule has 1 aliphatic rings. The topological polar surface area (TPSA) is 12.0 Å². The highest BCUT2D eigenvalue weighted by Gasteiger charge is 2.29. The third-order valence-corrected chi connectivity index (χ3v) is 4.78. The molecule has 0 aromatic carbocycles. The summed E-state index contributed by atoms with van der Waals surface area (Å²) in [4.78, 5) is 0. The zero-order valence-electron chi connectivity index (χ0n) is 13.7. The van der Waals surface area contributed by atoms with Gasteiger partial charge in [-0.3, -0.25) is 0 Å². The maximum Gasteiger partial charge on any atom is 0.00104 e. The minimum atomic E-state index is 0.614. The van der Waals surface area contributed by atoms with Crippen molar-refractivity contribution < 1.29 is 0 Å². The average Bonchev–Trinajstić information content (AvgIpc) is 2.38. The van der Waals surface area contributed by atoms with Crippen molar-refractivity contribution in [2.75, 3.05) is 6.54 Å². The predicted octanol–water partition coefficient (Wildman–Crippen LogP) is 5.17. The quantitative estimate of drug-likeness (QED) is 0.597. The van der Waals surface area contributed by atoms with E-state index in [0.717, 1.165) is 24.2 Å². The van der Waals surface area contributed by atoms with Crippen LogP contribution in [0.5, 0.6) is 0 Å². The van der Waals surface area contributed by atoms with Crippen LogP contribution < -0.4 is 5.32 Å². The number of hydrogen-bond acceptors (Lipinski definition) is 1. The molecule has 0 spiro atoms. The molecule has 1 saturated carbocycles. The lowest BCUT2D eigenvalue weighted by Crippen LogP contribution is -2.36. The van der Waals surface area contributed by atoms with Gasteiger partial charge < -0.3 is 5.32 Å². The minimum absolute atomic E-state index is 0.614. The number of allylic oxidation sites excluding steroid dienone is 1. The van der Waals surface area contributed by atoms with E-state index in [0.29, 0.717) is 6.04 Å². The molecule has 1 rings (SSSR count). The summed E-state index contributed by atoms with van der Waals surface area (Å²) in [6, 6.07) is 0.614. The molecule has 19 heavy (non-hydrogen) atoms. The van der Waals surface area contributed by atoms with E-state index in [1.807, 2.05) is 0 Å². The molecule has 0 heterocycles. The van der Waals surface area contributed by atoms with Crippen LogP contribution in [0.25, 0.3) is 0 Å². The van der Waals surface area contributed by atoms with Gasteiger partial charge in [-0.2, -0.15) is 0 Å². The summed E-state index contributed by atoms with van der Waals surface area (Å²) in [6.45, 7) is 14.5. The molecule has 0 bridgehead atoms. The fourth-order valence-corrected chi connectivity index (χ4v) is 3.52. The zero-order valence-corrected chi connectivity index (χ0v) is 13.7. The molecule has 112 valence electrons. The summed E-state index contributed by atoms with van der Waals surface area (Å²) >= 11 is 0. The maximum atomic E-state index is 4.25. The second-order valence-corrected chi connectivity index (χ2v) is 6.86. The van der Waals surface area contributed by atoms with Crippen LogP contribution in [-0.2, 0) is 0 Å². The van der Waals surface area contributed by atoms with Crippen molar-refractivity contribution in [3.05, 3.63) is 12.2 Å². The van der Waals surface area contributed by atoms with E-state index in [-0.39, 0.29) is 0 Å². The first-order chi connectivity index (χ1) is 9.06. The molecule has 1 aliphatic carbocycles.